The normalized spacial score (nSPS) is 12.9. The molecule has 1 rings (SSSR count). The second-order valence-electron chi connectivity index (χ2n) is 9.49. The van der Waals surface area contributed by atoms with E-state index in [2.05, 4.69) is 17.6 Å². The molecule has 1 aromatic carbocycles. The first-order valence-electron chi connectivity index (χ1n) is 12.4. The topological polar surface area (TPSA) is 131 Å². The number of carbonyl (C=O) groups is 4. The van der Waals surface area contributed by atoms with Gasteiger partial charge in [-0.05, 0) is 51.7 Å². The third-order valence-electron chi connectivity index (χ3n) is 5.36. The fourth-order valence-corrected chi connectivity index (χ4v) is 3.61. The number of likely N-dealkylation sites (N-methyl/N-ethyl adjacent to an activating group) is 1. The third kappa shape index (κ3) is 10.4. The summed E-state index contributed by atoms with van der Waals surface area (Å²) >= 11 is 0. The lowest BCUT2D eigenvalue weighted by Gasteiger charge is -2.33. The molecule has 0 aliphatic heterocycles. The van der Waals surface area contributed by atoms with Crippen LogP contribution < -0.4 is 16.4 Å². The maximum atomic E-state index is 13.6. The van der Waals surface area contributed by atoms with E-state index < -0.39 is 42.0 Å². The number of primary amides is 1. The number of carbonyl (C=O) groups excluding carboxylic acids is 4. The Morgan fingerprint density at radius 2 is 1.66 bits per heavy atom. The maximum Gasteiger partial charge on any atom is 0.408 e. The fourth-order valence-electron chi connectivity index (χ4n) is 3.61. The van der Waals surface area contributed by atoms with Crippen molar-refractivity contribution in [2.45, 2.75) is 91.3 Å². The highest BCUT2D eigenvalue weighted by Crippen LogP contribution is 2.24. The molecule has 0 heterocycles. The van der Waals surface area contributed by atoms with Crippen LogP contribution in [0.15, 0.2) is 24.3 Å². The molecule has 9 nitrogen and oxygen atoms in total. The minimum absolute atomic E-state index is 0.173. The second-order valence-corrected chi connectivity index (χ2v) is 9.49. The van der Waals surface area contributed by atoms with Crippen LogP contribution in [0.3, 0.4) is 0 Å². The Balaban J connectivity index is 3.29. The summed E-state index contributed by atoms with van der Waals surface area (Å²) in [4.78, 5) is 52.4. The number of benzene rings is 1. The molecule has 0 saturated heterocycles. The number of aryl methyl sites for hydroxylation is 1. The van der Waals surface area contributed by atoms with Crippen molar-refractivity contribution in [2.75, 3.05) is 13.1 Å². The molecule has 0 aliphatic rings. The van der Waals surface area contributed by atoms with Crippen LogP contribution in [0.25, 0.3) is 0 Å². The molecule has 0 saturated carbocycles. The Morgan fingerprint density at radius 1 is 1.03 bits per heavy atom. The van der Waals surface area contributed by atoms with E-state index in [1.165, 1.54) is 4.90 Å². The summed E-state index contributed by atoms with van der Waals surface area (Å²) in [5, 5.41) is 5.39. The first-order valence-corrected chi connectivity index (χ1v) is 12.4. The monoisotopic (exact) mass is 490 g/mol. The zero-order valence-electron chi connectivity index (χ0n) is 22.0. The van der Waals surface area contributed by atoms with E-state index in [9.17, 15) is 19.2 Å². The standard InChI is InChI=1S/C26H42N4O5/c1-7-10-11-16-28-23(32)22(19-14-12-18(8-2)13-15-19)30(9-3)24(33)20(17-21(27)31)29-25(34)35-26(4,5)6/h12-15,20,22H,7-11,16-17H2,1-6H3,(H2,27,31)(H,28,32)(H,29,34). The van der Waals surface area contributed by atoms with Crippen molar-refractivity contribution in [3.8, 4) is 0 Å². The number of nitrogens with one attached hydrogen (secondary N) is 2. The summed E-state index contributed by atoms with van der Waals surface area (Å²) in [5.41, 5.74) is 6.31. The SMILES string of the molecule is CCCCCNC(=O)C(c1ccc(CC)cc1)N(CC)C(=O)C(CC(N)=O)NC(=O)OC(C)(C)C. The van der Waals surface area contributed by atoms with Crippen molar-refractivity contribution >= 4 is 23.8 Å². The van der Waals surface area contributed by atoms with Crippen LogP contribution in [0, 0.1) is 0 Å². The fraction of sp³-hybridized carbons (Fsp3) is 0.615. The lowest BCUT2D eigenvalue weighted by Crippen LogP contribution is -2.54. The molecule has 2 unspecified atom stereocenters. The van der Waals surface area contributed by atoms with Crippen LogP contribution in [-0.4, -0.2) is 53.4 Å². The Bertz CT molecular complexity index is 848. The molecule has 2 atom stereocenters. The van der Waals surface area contributed by atoms with Crippen LogP contribution in [0.5, 0.6) is 0 Å². The van der Waals surface area contributed by atoms with Gasteiger partial charge in [0.1, 0.15) is 17.7 Å². The van der Waals surface area contributed by atoms with Crippen LogP contribution in [0.1, 0.15) is 84.4 Å². The molecular weight excluding hydrogens is 448 g/mol. The minimum Gasteiger partial charge on any atom is -0.444 e. The van der Waals surface area contributed by atoms with Gasteiger partial charge in [-0.1, -0.05) is 51.0 Å². The number of unbranched alkanes of at least 4 members (excludes halogenated alkanes) is 2. The van der Waals surface area contributed by atoms with E-state index in [1.54, 1.807) is 27.7 Å². The molecule has 0 aromatic heterocycles. The average molecular weight is 491 g/mol. The number of nitrogens with two attached hydrogens (primary N) is 1. The molecule has 0 spiro atoms. The van der Waals surface area contributed by atoms with Gasteiger partial charge in [-0.25, -0.2) is 4.79 Å². The molecule has 0 fully saturated rings. The Labute approximate surface area is 209 Å². The van der Waals surface area contributed by atoms with Crippen molar-refractivity contribution in [1.29, 1.82) is 0 Å². The summed E-state index contributed by atoms with van der Waals surface area (Å²) < 4.78 is 5.26. The minimum atomic E-state index is -1.27. The lowest BCUT2D eigenvalue weighted by atomic mass is 10.00. The van der Waals surface area contributed by atoms with Gasteiger partial charge in [0.15, 0.2) is 0 Å². The molecule has 0 aliphatic carbocycles. The van der Waals surface area contributed by atoms with E-state index in [-0.39, 0.29) is 12.5 Å². The molecule has 35 heavy (non-hydrogen) atoms. The van der Waals surface area contributed by atoms with E-state index in [0.717, 1.165) is 31.2 Å². The highest BCUT2D eigenvalue weighted by atomic mass is 16.6. The molecule has 0 radical (unpaired) electrons. The Kier molecular flexibility index (Phi) is 12.3. The van der Waals surface area contributed by atoms with Crippen molar-refractivity contribution < 1.29 is 23.9 Å². The van der Waals surface area contributed by atoms with Crippen molar-refractivity contribution in [3.63, 3.8) is 0 Å². The first kappa shape index (κ1) is 29.9. The van der Waals surface area contributed by atoms with Crippen LogP contribution >= 0.6 is 0 Å². The van der Waals surface area contributed by atoms with Gasteiger partial charge in [0.25, 0.3) is 0 Å². The van der Waals surface area contributed by atoms with Gasteiger partial charge in [-0.15, -0.1) is 0 Å². The highest BCUT2D eigenvalue weighted by Gasteiger charge is 2.36. The van der Waals surface area contributed by atoms with Gasteiger partial charge in [0.2, 0.25) is 17.7 Å². The van der Waals surface area contributed by atoms with Gasteiger partial charge >= 0.3 is 6.09 Å². The predicted octanol–water partition coefficient (Wildman–Crippen LogP) is 3.21. The molecule has 4 amide bonds. The van der Waals surface area contributed by atoms with Gasteiger partial charge in [0, 0.05) is 13.1 Å². The van der Waals surface area contributed by atoms with Crippen LogP contribution in [0.2, 0.25) is 0 Å². The molecule has 9 heteroatoms. The first-order chi connectivity index (χ1) is 16.4. The number of ether oxygens (including phenoxy) is 1. The van der Waals surface area contributed by atoms with Gasteiger partial charge in [0.05, 0.1) is 6.42 Å². The molecule has 0 bridgehead atoms. The third-order valence-corrected chi connectivity index (χ3v) is 5.36. The Morgan fingerprint density at radius 3 is 2.14 bits per heavy atom. The molecule has 196 valence electrons. The van der Waals surface area contributed by atoms with Gasteiger partial charge in [-0.3, -0.25) is 14.4 Å². The number of hydrogen-bond acceptors (Lipinski definition) is 5. The highest BCUT2D eigenvalue weighted by molar-refractivity contribution is 5.94. The summed E-state index contributed by atoms with van der Waals surface area (Å²) in [6, 6.07) is 5.30. The van der Waals surface area contributed by atoms with E-state index >= 15 is 0 Å². The number of hydrogen-bond donors (Lipinski definition) is 3. The van der Waals surface area contributed by atoms with Crippen molar-refractivity contribution in [3.05, 3.63) is 35.4 Å². The number of rotatable bonds is 13. The summed E-state index contributed by atoms with van der Waals surface area (Å²) in [5.74, 6) is -1.68. The number of alkyl carbamates (subject to hydrolysis) is 1. The largest absolute Gasteiger partial charge is 0.444 e. The summed E-state index contributed by atoms with van der Waals surface area (Å²) in [6.45, 7) is 11.6. The van der Waals surface area contributed by atoms with Gasteiger partial charge < -0.3 is 26.0 Å². The van der Waals surface area contributed by atoms with Crippen LogP contribution in [-0.2, 0) is 25.5 Å². The van der Waals surface area contributed by atoms with Gasteiger partial charge in [-0.2, -0.15) is 0 Å². The smallest absolute Gasteiger partial charge is 0.408 e. The van der Waals surface area contributed by atoms with Crippen LogP contribution in [0.4, 0.5) is 4.79 Å². The zero-order valence-corrected chi connectivity index (χ0v) is 22.0. The molecule has 1 aromatic rings. The lowest BCUT2D eigenvalue weighted by molar-refractivity contribution is -0.143. The van der Waals surface area contributed by atoms with Crippen molar-refractivity contribution in [1.82, 2.24) is 15.5 Å². The molecular formula is C26H42N4O5. The zero-order chi connectivity index (χ0) is 26.6. The van der Waals surface area contributed by atoms with Crippen molar-refractivity contribution in [2.24, 2.45) is 5.73 Å². The number of nitrogens with zero attached hydrogens (tertiary/aromatic N) is 1. The van der Waals surface area contributed by atoms with E-state index in [0.29, 0.717) is 12.1 Å². The predicted molar refractivity (Wildman–Crippen MR) is 135 cm³/mol. The van der Waals surface area contributed by atoms with E-state index in [4.69, 9.17) is 10.5 Å². The van der Waals surface area contributed by atoms with E-state index in [1.807, 2.05) is 31.2 Å². The average Bonchev–Trinajstić information content (AvgIpc) is 2.77. The Hall–Kier alpha value is -3.10. The summed E-state index contributed by atoms with van der Waals surface area (Å²) in [7, 11) is 0. The maximum absolute atomic E-state index is 13.6. The second kappa shape index (κ2) is 14.3. The number of amides is 4. The molecule has 4 N–H and O–H groups in total. The summed E-state index contributed by atoms with van der Waals surface area (Å²) in [6.07, 6.45) is 2.39. The quantitative estimate of drug-likeness (QED) is 0.366.